The minimum atomic E-state index is -0.281. The largest absolute Gasteiger partial charge is 0.369 e. The first-order valence-corrected chi connectivity index (χ1v) is 6.51. The van der Waals surface area contributed by atoms with Gasteiger partial charge >= 0.3 is 0 Å². The fourth-order valence-corrected chi connectivity index (χ4v) is 2.24. The van der Waals surface area contributed by atoms with Crippen molar-refractivity contribution in [3.63, 3.8) is 0 Å². The molecule has 0 aliphatic heterocycles. The first kappa shape index (κ1) is 13.6. The Morgan fingerprint density at radius 1 is 1.16 bits per heavy atom. The highest BCUT2D eigenvalue weighted by atomic mass is 16.1. The van der Waals surface area contributed by atoms with Crippen molar-refractivity contribution in [1.29, 1.82) is 0 Å². The molecule has 0 fully saturated rings. The summed E-state index contributed by atoms with van der Waals surface area (Å²) in [4.78, 5) is 12.8. The van der Waals surface area contributed by atoms with Crippen LogP contribution in [0, 0.1) is 6.92 Å². The van der Waals surface area contributed by atoms with E-state index < -0.39 is 0 Å². The van der Waals surface area contributed by atoms with Gasteiger partial charge in [0.05, 0.1) is 6.54 Å². The fourth-order valence-electron chi connectivity index (χ4n) is 2.24. The zero-order valence-electron chi connectivity index (χ0n) is 11.5. The van der Waals surface area contributed by atoms with E-state index in [-0.39, 0.29) is 5.91 Å². The van der Waals surface area contributed by atoms with E-state index in [1.807, 2.05) is 11.9 Å². The Hall–Kier alpha value is -1.87. The van der Waals surface area contributed by atoms with Crippen molar-refractivity contribution in [2.45, 2.75) is 13.3 Å². The van der Waals surface area contributed by atoms with Crippen LogP contribution >= 0.6 is 0 Å². The highest BCUT2D eigenvalue weighted by Gasteiger charge is 2.03. The molecule has 2 aromatic rings. The van der Waals surface area contributed by atoms with Crippen LogP contribution in [0.3, 0.4) is 0 Å². The van der Waals surface area contributed by atoms with Crippen LogP contribution in [0.15, 0.2) is 36.4 Å². The first-order chi connectivity index (χ1) is 9.04. The van der Waals surface area contributed by atoms with Crippen LogP contribution in [0.25, 0.3) is 10.8 Å². The van der Waals surface area contributed by atoms with Gasteiger partial charge in [0.1, 0.15) is 0 Å². The molecule has 0 aliphatic carbocycles. The van der Waals surface area contributed by atoms with Crippen LogP contribution < -0.4 is 5.73 Å². The van der Waals surface area contributed by atoms with Crippen molar-refractivity contribution in [1.82, 2.24) is 4.90 Å². The lowest BCUT2D eigenvalue weighted by atomic mass is 10.0. The molecule has 19 heavy (non-hydrogen) atoms. The van der Waals surface area contributed by atoms with Gasteiger partial charge in [-0.3, -0.25) is 9.69 Å². The minimum Gasteiger partial charge on any atom is -0.369 e. The van der Waals surface area contributed by atoms with Crippen molar-refractivity contribution in [2.75, 3.05) is 20.1 Å². The lowest BCUT2D eigenvalue weighted by Crippen LogP contribution is -2.32. The summed E-state index contributed by atoms with van der Waals surface area (Å²) < 4.78 is 0. The molecule has 3 nitrogen and oxygen atoms in total. The van der Waals surface area contributed by atoms with Gasteiger partial charge in [0.25, 0.3) is 0 Å². The molecule has 1 amide bonds. The average Bonchev–Trinajstić information content (AvgIpc) is 2.35. The Morgan fingerprint density at radius 3 is 2.58 bits per heavy atom. The Kier molecular flexibility index (Phi) is 4.17. The number of nitrogens with zero attached hydrogens (tertiary/aromatic N) is 1. The number of hydrogen-bond donors (Lipinski definition) is 1. The number of carbonyl (C=O) groups is 1. The summed E-state index contributed by atoms with van der Waals surface area (Å²) in [6.45, 7) is 3.25. The normalized spacial score (nSPS) is 11.1. The topological polar surface area (TPSA) is 46.3 Å². The average molecular weight is 256 g/mol. The smallest absolute Gasteiger partial charge is 0.231 e. The van der Waals surface area contributed by atoms with E-state index in [4.69, 9.17) is 5.73 Å². The Bertz CT molecular complexity index is 592. The van der Waals surface area contributed by atoms with Gasteiger partial charge in [-0.2, -0.15) is 0 Å². The molecular formula is C16H20N2O. The van der Waals surface area contributed by atoms with E-state index >= 15 is 0 Å². The molecule has 0 heterocycles. The van der Waals surface area contributed by atoms with Crippen LogP contribution in [0.1, 0.15) is 11.1 Å². The summed E-state index contributed by atoms with van der Waals surface area (Å²) in [7, 11) is 1.91. The van der Waals surface area contributed by atoms with Crippen LogP contribution in [-0.2, 0) is 11.2 Å². The highest BCUT2D eigenvalue weighted by molar-refractivity contribution is 5.83. The number of primary amides is 1. The molecule has 0 saturated heterocycles. The molecule has 0 unspecified atom stereocenters. The van der Waals surface area contributed by atoms with Gasteiger partial charge in [0.15, 0.2) is 0 Å². The van der Waals surface area contributed by atoms with Gasteiger partial charge < -0.3 is 5.73 Å². The van der Waals surface area contributed by atoms with Crippen LogP contribution in [-0.4, -0.2) is 30.9 Å². The van der Waals surface area contributed by atoms with E-state index in [0.29, 0.717) is 6.54 Å². The van der Waals surface area contributed by atoms with Crippen molar-refractivity contribution >= 4 is 16.7 Å². The molecule has 3 heteroatoms. The summed E-state index contributed by atoms with van der Waals surface area (Å²) in [6.07, 6.45) is 0.924. The zero-order valence-corrected chi connectivity index (χ0v) is 11.5. The third-order valence-corrected chi connectivity index (χ3v) is 3.27. The van der Waals surface area contributed by atoms with Crippen molar-refractivity contribution in [2.24, 2.45) is 5.73 Å². The standard InChI is InChI=1S/C16H20N2O/c1-12-3-5-15-10-13(4-6-14(15)9-12)7-8-18(2)11-16(17)19/h3-6,9-10H,7-8,11H2,1-2H3,(H2,17,19). The van der Waals surface area contributed by atoms with Gasteiger partial charge in [-0.15, -0.1) is 0 Å². The molecule has 0 radical (unpaired) electrons. The number of carbonyl (C=O) groups excluding carboxylic acids is 1. The molecule has 2 N–H and O–H groups in total. The zero-order chi connectivity index (χ0) is 13.8. The van der Waals surface area contributed by atoms with E-state index in [9.17, 15) is 4.79 Å². The number of benzene rings is 2. The second-order valence-corrected chi connectivity index (χ2v) is 5.14. The lowest BCUT2D eigenvalue weighted by Gasteiger charge is -2.14. The SMILES string of the molecule is Cc1ccc2cc(CCN(C)CC(N)=O)ccc2c1. The molecule has 0 saturated carbocycles. The van der Waals surface area contributed by atoms with Crippen LogP contribution in [0.4, 0.5) is 0 Å². The maximum atomic E-state index is 10.8. The Balaban J connectivity index is 2.05. The van der Waals surface area contributed by atoms with E-state index in [1.54, 1.807) is 0 Å². The van der Waals surface area contributed by atoms with E-state index in [1.165, 1.54) is 21.9 Å². The summed E-state index contributed by atoms with van der Waals surface area (Å²) in [5, 5.41) is 2.54. The summed E-state index contributed by atoms with van der Waals surface area (Å²) in [5.41, 5.74) is 7.73. The second kappa shape index (κ2) is 5.85. The lowest BCUT2D eigenvalue weighted by molar-refractivity contribution is -0.118. The van der Waals surface area contributed by atoms with E-state index in [0.717, 1.165) is 13.0 Å². The molecule has 0 aromatic heterocycles. The molecular weight excluding hydrogens is 236 g/mol. The summed E-state index contributed by atoms with van der Waals surface area (Å²) in [6, 6.07) is 13.0. The molecule has 2 rings (SSSR count). The molecule has 0 aliphatic rings. The molecule has 0 atom stereocenters. The predicted molar refractivity (Wildman–Crippen MR) is 79.1 cm³/mol. The quantitative estimate of drug-likeness (QED) is 0.890. The number of rotatable bonds is 5. The van der Waals surface area contributed by atoms with Crippen molar-refractivity contribution in [3.05, 3.63) is 47.5 Å². The second-order valence-electron chi connectivity index (χ2n) is 5.14. The number of amides is 1. The number of nitrogens with two attached hydrogens (primary N) is 1. The van der Waals surface area contributed by atoms with E-state index in [2.05, 4.69) is 43.3 Å². The third-order valence-electron chi connectivity index (χ3n) is 3.27. The molecule has 100 valence electrons. The Labute approximate surface area is 114 Å². The van der Waals surface area contributed by atoms with Crippen LogP contribution in [0.2, 0.25) is 0 Å². The molecule has 0 spiro atoms. The van der Waals surface area contributed by atoms with Gasteiger partial charge in [0, 0.05) is 6.54 Å². The van der Waals surface area contributed by atoms with Gasteiger partial charge in [-0.1, -0.05) is 42.0 Å². The predicted octanol–water partition coefficient (Wildman–Crippen LogP) is 2.11. The van der Waals surface area contributed by atoms with Gasteiger partial charge in [0.2, 0.25) is 5.91 Å². The maximum Gasteiger partial charge on any atom is 0.231 e. The highest BCUT2D eigenvalue weighted by Crippen LogP contribution is 2.18. The van der Waals surface area contributed by atoms with Gasteiger partial charge in [-0.25, -0.2) is 0 Å². The number of likely N-dealkylation sites (N-methyl/N-ethyl adjacent to an activating group) is 1. The number of hydrogen-bond acceptors (Lipinski definition) is 2. The maximum absolute atomic E-state index is 10.8. The minimum absolute atomic E-state index is 0.281. The van der Waals surface area contributed by atoms with Gasteiger partial charge in [-0.05, 0) is 36.7 Å². The molecule has 0 bridgehead atoms. The summed E-state index contributed by atoms with van der Waals surface area (Å²) in [5.74, 6) is -0.281. The Morgan fingerprint density at radius 2 is 1.84 bits per heavy atom. The number of fused-ring (bicyclic) bond motifs is 1. The molecule has 2 aromatic carbocycles. The van der Waals surface area contributed by atoms with Crippen molar-refractivity contribution in [3.8, 4) is 0 Å². The summed E-state index contributed by atoms with van der Waals surface area (Å²) >= 11 is 0. The first-order valence-electron chi connectivity index (χ1n) is 6.51. The monoisotopic (exact) mass is 256 g/mol. The van der Waals surface area contributed by atoms with Crippen molar-refractivity contribution < 1.29 is 4.79 Å². The number of aryl methyl sites for hydroxylation is 1. The fraction of sp³-hybridized carbons (Fsp3) is 0.312. The van der Waals surface area contributed by atoms with Crippen LogP contribution in [0.5, 0.6) is 0 Å². The third kappa shape index (κ3) is 3.80.